The minimum atomic E-state index is 0.734. The Morgan fingerprint density at radius 1 is 1.55 bits per heavy atom. The molecular weight excluding hydrogens is 160 g/mol. The van der Waals surface area contributed by atoms with Crippen molar-refractivity contribution in [2.75, 3.05) is 0 Å². The van der Waals surface area contributed by atoms with Crippen molar-refractivity contribution in [3.05, 3.63) is 29.0 Å². The summed E-state index contributed by atoms with van der Waals surface area (Å²) >= 11 is 5.93. The molecule has 1 N–H and O–H groups in total. The van der Waals surface area contributed by atoms with Crippen LogP contribution in [0.3, 0.4) is 0 Å². The molecule has 0 radical (unpaired) electrons. The Balaban J connectivity index is 2.91. The third kappa shape index (κ3) is 0.994. The zero-order valence-electron chi connectivity index (χ0n) is 6.06. The van der Waals surface area contributed by atoms with Crippen LogP contribution in [0.2, 0.25) is 5.02 Å². The minimum Gasteiger partial charge on any atom is -0.359 e. The van der Waals surface area contributed by atoms with Gasteiger partial charge < -0.3 is 4.98 Å². The number of pyridine rings is 1. The van der Waals surface area contributed by atoms with E-state index in [4.69, 9.17) is 11.6 Å². The number of rotatable bonds is 0. The average Bonchev–Trinajstić information content (AvgIpc) is 2.34. The molecule has 11 heavy (non-hydrogen) atoms. The summed E-state index contributed by atoms with van der Waals surface area (Å²) in [4.78, 5) is 7.30. The third-order valence-electron chi connectivity index (χ3n) is 1.60. The van der Waals surface area contributed by atoms with Gasteiger partial charge >= 0.3 is 0 Å². The Morgan fingerprint density at radius 2 is 2.36 bits per heavy atom. The first-order chi connectivity index (χ1) is 5.27. The maximum Gasteiger partial charge on any atom is 0.0897 e. The van der Waals surface area contributed by atoms with E-state index in [1.54, 1.807) is 0 Å². The third-order valence-corrected chi connectivity index (χ3v) is 1.89. The second kappa shape index (κ2) is 2.24. The number of hydrogen-bond donors (Lipinski definition) is 1. The molecule has 0 saturated carbocycles. The van der Waals surface area contributed by atoms with Crippen molar-refractivity contribution in [3.8, 4) is 0 Å². The van der Waals surface area contributed by atoms with Crippen LogP contribution in [0, 0.1) is 6.92 Å². The molecule has 0 amide bonds. The largest absolute Gasteiger partial charge is 0.359 e. The molecule has 0 spiro atoms. The van der Waals surface area contributed by atoms with Gasteiger partial charge in [-0.3, -0.25) is 4.98 Å². The quantitative estimate of drug-likeness (QED) is 0.640. The summed E-state index contributed by atoms with van der Waals surface area (Å²) in [5.41, 5.74) is 2.79. The van der Waals surface area contributed by atoms with E-state index in [0.29, 0.717) is 0 Å². The predicted molar refractivity (Wildman–Crippen MR) is 45.8 cm³/mol. The molecule has 2 nitrogen and oxygen atoms in total. The Morgan fingerprint density at radius 3 is 3.18 bits per heavy atom. The summed E-state index contributed by atoms with van der Waals surface area (Å²) < 4.78 is 0. The lowest BCUT2D eigenvalue weighted by molar-refractivity contribution is 1.26. The first-order valence-electron chi connectivity index (χ1n) is 3.37. The number of aromatic nitrogens is 2. The lowest BCUT2D eigenvalue weighted by Crippen LogP contribution is -1.81. The highest BCUT2D eigenvalue weighted by atomic mass is 35.5. The highest BCUT2D eigenvalue weighted by Gasteiger charge is 2.00. The van der Waals surface area contributed by atoms with Crippen molar-refractivity contribution in [1.29, 1.82) is 0 Å². The highest BCUT2D eigenvalue weighted by Crippen LogP contribution is 2.20. The molecule has 0 aliphatic rings. The van der Waals surface area contributed by atoms with E-state index in [9.17, 15) is 0 Å². The van der Waals surface area contributed by atoms with Crippen molar-refractivity contribution in [2.45, 2.75) is 6.92 Å². The van der Waals surface area contributed by atoms with Crippen molar-refractivity contribution in [2.24, 2.45) is 0 Å². The SMILES string of the molecule is Cc1cc(Cl)c2[nH]ccc2n1. The molecule has 56 valence electrons. The number of H-pyrrole nitrogens is 1. The molecule has 2 heterocycles. The van der Waals surface area contributed by atoms with Crippen molar-refractivity contribution >= 4 is 22.6 Å². The van der Waals surface area contributed by atoms with Crippen LogP contribution in [0.25, 0.3) is 11.0 Å². The van der Waals surface area contributed by atoms with E-state index in [-0.39, 0.29) is 0 Å². The smallest absolute Gasteiger partial charge is 0.0897 e. The molecule has 0 unspecified atom stereocenters. The molecule has 2 rings (SSSR count). The number of aryl methyl sites for hydroxylation is 1. The van der Waals surface area contributed by atoms with Gasteiger partial charge in [-0.05, 0) is 19.1 Å². The maximum atomic E-state index is 5.93. The van der Waals surface area contributed by atoms with Crippen molar-refractivity contribution in [3.63, 3.8) is 0 Å². The van der Waals surface area contributed by atoms with Crippen LogP contribution in [0.4, 0.5) is 0 Å². The molecule has 0 saturated heterocycles. The van der Waals surface area contributed by atoms with Gasteiger partial charge in [0.2, 0.25) is 0 Å². The topological polar surface area (TPSA) is 28.7 Å². The van der Waals surface area contributed by atoms with Crippen LogP contribution in [0.5, 0.6) is 0 Å². The van der Waals surface area contributed by atoms with Gasteiger partial charge in [-0.15, -0.1) is 0 Å². The van der Waals surface area contributed by atoms with Crippen LogP contribution < -0.4 is 0 Å². The fourth-order valence-electron chi connectivity index (χ4n) is 1.12. The van der Waals surface area contributed by atoms with Gasteiger partial charge in [0.25, 0.3) is 0 Å². The first kappa shape index (κ1) is 6.68. The Bertz CT molecular complexity index is 392. The van der Waals surface area contributed by atoms with E-state index in [0.717, 1.165) is 21.7 Å². The molecule has 2 aromatic heterocycles. The predicted octanol–water partition coefficient (Wildman–Crippen LogP) is 2.52. The van der Waals surface area contributed by atoms with Gasteiger partial charge in [-0.2, -0.15) is 0 Å². The zero-order chi connectivity index (χ0) is 7.84. The molecule has 0 fully saturated rings. The van der Waals surface area contributed by atoms with Gasteiger partial charge in [0.1, 0.15) is 0 Å². The van der Waals surface area contributed by atoms with E-state index < -0.39 is 0 Å². The first-order valence-corrected chi connectivity index (χ1v) is 3.75. The summed E-state index contributed by atoms with van der Waals surface area (Å²) in [6, 6.07) is 3.76. The van der Waals surface area contributed by atoms with Gasteiger partial charge in [-0.1, -0.05) is 11.6 Å². The maximum absolute atomic E-state index is 5.93. The molecule has 0 aliphatic heterocycles. The fraction of sp³-hybridized carbons (Fsp3) is 0.125. The van der Waals surface area contributed by atoms with Gasteiger partial charge in [0.15, 0.2) is 0 Å². The van der Waals surface area contributed by atoms with E-state index in [1.807, 2.05) is 25.3 Å². The lowest BCUT2D eigenvalue weighted by Gasteiger charge is -1.94. The van der Waals surface area contributed by atoms with Crippen LogP contribution in [0.15, 0.2) is 18.3 Å². The fourth-order valence-corrected chi connectivity index (χ4v) is 1.43. The van der Waals surface area contributed by atoms with E-state index >= 15 is 0 Å². The lowest BCUT2D eigenvalue weighted by atomic mass is 10.3. The number of hydrogen-bond acceptors (Lipinski definition) is 1. The second-order valence-corrected chi connectivity index (χ2v) is 2.89. The summed E-state index contributed by atoms with van der Waals surface area (Å²) in [5, 5.41) is 0.734. The number of halogens is 1. The van der Waals surface area contributed by atoms with Crippen LogP contribution in [-0.2, 0) is 0 Å². The molecule has 0 aromatic carbocycles. The molecule has 0 atom stereocenters. The van der Waals surface area contributed by atoms with Gasteiger partial charge in [0, 0.05) is 11.9 Å². The molecular formula is C8H7ClN2. The van der Waals surface area contributed by atoms with Crippen LogP contribution >= 0.6 is 11.6 Å². The number of nitrogens with zero attached hydrogens (tertiary/aromatic N) is 1. The van der Waals surface area contributed by atoms with Crippen LogP contribution in [-0.4, -0.2) is 9.97 Å². The number of fused-ring (bicyclic) bond motifs is 1. The zero-order valence-corrected chi connectivity index (χ0v) is 6.81. The van der Waals surface area contributed by atoms with E-state index in [2.05, 4.69) is 9.97 Å². The van der Waals surface area contributed by atoms with Crippen molar-refractivity contribution < 1.29 is 0 Å². The highest BCUT2D eigenvalue weighted by molar-refractivity contribution is 6.34. The van der Waals surface area contributed by atoms with Crippen LogP contribution in [0.1, 0.15) is 5.69 Å². The van der Waals surface area contributed by atoms with Gasteiger partial charge in [0.05, 0.1) is 16.1 Å². The summed E-state index contributed by atoms with van der Waals surface area (Å²) in [6.07, 6.45) is 1.84. The standard InChI is InChI=1S/C8H7ClN2/c1-5-4-6(9)8-7(11-5)2-3-10-8/h2-4,10H,1H3. The molecule has 2 aromatic rings. The number of nitrogens with one attached hydrogen (secondary N) is 1. The Kier molecular flexibility index (Phi) is 1.36. The Labute approximate surface area is 69.2 Å². The summed E-state index contributed by atoms with van der Waals surface area (Å²) in [7, 11) is 0. The molecule has 0 aliphatic carbocycles. The Hall–Kier alpha value is -1.02. The van der Waals surface area contributed by atoms with E-state index in [1.165, 1.54) is 0 Å². The van der Waals surface area contributed by atoms with Gasteiger partial charge in [-0.25, -0.2) is 0 Å². The summed E-state index contributed by atoms with van der Waals surface area (Å²) in [6.45, 7) is 1.93. The number of aromatic amines is 1. The van der Waals surface area contributed by atoms with Crippen molar-refractivity contribution in [1.82, 2.24) is 9.97 Å². The average molecular weight is 167 g/mol. The monoisotopic (exact) mass is 166 g/mol. The molecule has 3 heteroatoms. The summed E-state index contributed by atoms with van der Waals surface area (Å²) in [5.74, 6) is 0. The molecule has 0 bridgehead atoms. The minimum absolute atomic E-state index is 0.734. The second-order valence-electron chi connectivity index (χ2n) is 2.48. The normalized spacial score (nSPS) is 10.7.